The molecule has 1 heterocycles. The lowest BCUT2D eigenvalue weighted by molar-refractivity contribution is 0.361. The maximum absolute atomic E-state index is 13.7. The predicted octanol–water partition coefficient (Wildman–Crippen LogP) is 2.54. The number of methoxy groups -OCH3 is 1. The van der Waals surface area contributed by atoms with Crippen molar-refractivity contribution in [1.82, 2.24) is 5.16 Å². The molecule has 90 valence electrons. The molecule has 0 bridgehead atoms. The summed E-state index contributed by atoms with van der Waals surface area (Å²) in [5.74, 6) is -1.24. The molecule has 0 atom stereocenters. The Morgan fingerprint density at radius 3 is 2.76 bits per heavy atom. The molecule has 0 aliphatic carbocycles. The summed E-state index contributed by atoms with van der Waals surface area (Å²) in [5, 5.41) is 13.2. The number of nitrogens with two attached hydrogens (primary N) is 1. The molecule has 5 nitrogen and oxygen atoms in total. The van der Waals surface area contributed by atoms with Gasteiger partial charge in [-0.25, -0.2) is 0 Å². The van der Waals surface area contributed by atoms with Crippen LogP contribution >= 0.6 is 15.9 Å². The average molecular weight is 303 g/mol. The van der Waals surface area contributed by atoms with Crippen LogP contribution in [0.2, 0.25) is 0 Å². The van der Waals surface area contributed by atoms with E-state index in [9.17, 15) is 9.50 Å². The molecular formula is C10H8BrFN2O3. The van der Waals surface area contributed by atoms with Gasteiger partial charge in [0.05, 0.1) is 17.1 Å². The number of aromatic nitrogens is 1. The largest absolute Gasteiger partial charge is 0.504 e. The minimum atomic E-state index is -0.883. The molecule has 17 heavy (non-hydrogen) atoms. The van der Waals surface area contributed by atoms with E-state index in [1.807, 2.05) is 0 Å². The van der Waals surface area contributed by atoms with Crippen LogP contribution in [0, 0.1) is 5.82 Å². The summed E-state index contributed by atoms with van der Waals surface area (Å²) in [6.07, 6.45) is 0. The minimum absolute atomic E-state index is 0.0845. The number of phenols is 1. The van der Waals surface area contributed by atoms with E-state index in [0.29, 0.717) is 4.47 Å². The average Bonchev–Trinajstić information content (AvgIpc) is 2.71. The molecule has 1 aromatic heterocycles. The van der Waals surface area contributed by atoms with Crippen LogP contribution in [0.1, 0.15) is 0 Å². The number of aromatic hydroxyl groups is 1. The number of nitrogens with zero attached hydrogens (tertiary/aromatic N) is 1. The number of phenolic OH excluding ortho intramolecular Hbond substituents is 1. The molecular weight excluding hydrogens is 295 g/mol. The molecule has 0 unspecified atom stereocenters. The molecule has 2 rings (SSSR count). The van der Waals surface area contributed by atoms with Crippen LogP contribution in [-0.4, -0.2) is 17.4 Å². The van der Waals surface area contributed by atoms with Crippen molar-refractivity contribution in [3.63, 3.8) is 0 Å². The number of hydrogen-bond acceptors (Lipinski definition) is 5. The Balaban J connectivity index is 2.64. The Hall–Kier alpha value is -1.76. The van der Waals surface area contributed by atoms with Gasteiger partial charge in [-0.3, -0.25) is 0 Å². The fourth-order valence-electron chi connectivity index (χ4n) is 1.38. The molecule has 2 aromatic rings. The van der Waals surface area contributed by atoms with Crippen LogP contribution in [-0.2, 0) is 0 Å². The van der Waals surface area contributed by atoms with E-state index in [1.54, 1.807) is 0 Å². The Labute approximate surface area is 104 Å². The molecule has 0 fully saturated rings. The first-order chi connectivity index (χ1) is 8.04. The second kappa shape index (κ2) is 4.25. The quantitative estimate of drug-likeness (QED) is 0.891. The Bertz CT molecular complexity index is 571. The fraction of sp³-hybridized carbons (Fsp3) is 0.100. The number of anilines is 1. The molecule has 0 saturated heterocycles. The molecule has 0 aliphatic rings. The van der Waals surface area contributed by atoms with Gasteiger partial charge in [0, 0.05) is 6.07 Å². The summed E-state index contributed by atoms with van der Waals surface area (Å²) in [7, 11) is 1.30. The van der Waals surface area contributed by atoms with Crippen molar-refractivity contribution in [3.8, 4) is 22.8 Å². The summed E-state index contributed by atoms with van der Waals surface area (Å²) in [6.45, 7) is 0. The molecule has 0 spiro atoms. The van der Waals surface area contributed by atoms with Crippen molar-refractivity contribution in [2.75, 3.05) is 12.8 Å². The highest BCUT2D eigenvalue weighted by Gasteiger charge is 2.20. The number of halogens is 2. The topological polar surface area (TPSA) is 81.5 Å². The highest BCUT2D eigenvalue weighted by molar-refractivity contribution is 9.10. The van der Waals surface area contributed by atoms with Crippen LogP contribution in [0.15, 0.2) is 21.1 Å². The zero-order valence-electron chi connectivity index (χ0n) is 8.70. The van der Waals surface area contributed by atoms with Crippen molar-refractivity contribution in [1.29, 1.82) is 0 Å². The van der Waals surface area contributed by atoms with Crippen LogP contribution in [0.4, 0.5) is 10.2 Å². The SMILES string of the molecule is COc1c(Br)cc(-c2cc(N)no2)c(O)c1F. The second-order valence-electron chi connectivity index (χ2n) is 3.22. The third kappa shape index (κ3) is 1.93. The lowest BCUT2D eigenvalue weighted by atomic mass is 10.1. The Kier molecular flexibility index (Phi) is 2.93. The normalized spacial score (nSPS) is 10.5. The van der Waals surface area contributed by atoms with Gasteiger partial charge in [0.15, 0.2) is 23.1 Å². The lowest BCUT2D eigenvalue weighted by Crippen LogP contribution is -1.92. The highest BCUT2D eigenvalue weighted by atomic mass is 79.9. The van der Waals surface area contributed by atoms with E-state index < -0.39 is 11.6 Å². The van der Waals surface area contributed by atoms with Gasteiger partial charge in [-0.1, -0.05) is 5.16 Å². The maximum atomic E-state index is 13.7. The third-order valence-electron chi connectivity index (χ3n) is 2.15. The van der Waals surface area contributed by atoms with Gasteiger partial charge in [0.2, 0.25) is 5.82 Å². The van der Waals surface area contributed by atoms with E-state index in [4.69, 9.17) is 15.0 Å². The van der Waals surface area contributed by atoms with Crippen molar-refractivity contribution >= 4 is 21.7 Å². The van der Waals surface area contributed by atoms with Gasteiger partial charge in [-0.15, -0.1) is 0 Å². The standard InChI is InChI=1S/C10H8BrFN2O3/c1-16-10-5(11)2-4(9(15)8(10)12)6-3-7(13)14-17-6/h2-3,15H,1H3,(H2,13,14). The number of benzene rings is 1. The summed E-state index contributed by atoms with van der Waals surface area (Å²) in [6, 6.07) is 2.84. The van der Waals surface area contributed by atoms with E-state index in [2.05, 4.69) is 21.1 Å². The first-order valence-corrected chi connectivity index (χ1v) is 5.31. The van der Waals surface area contributed by atoms with Crippen molar-refractivity contribution in [2.24, 2.45) is 0 Å². The van der Waals surface area contributed by atoms with Gasteiger partial charge in [0.1, 0.15) is 0 Å². The zero-order valence-corrected chi connectivity index (χ0v) is 10.3. The summed E-state index contributed by atoms with van der Waals surface area (Å²) in [5.41, 5.74) is 5.52. The minimum Gasteiger partial charge on any atom is -0.504 e. The number of hydrogen-bond donors (Lipinski definition) is 2. The van der Waals surface area contributed by atoms with Gasteiger partial charge in [-0.2, -0.15) is 4.39 Å². The molecule has 0 aliphatic heterocycles. The van der Waals surface area contributed by atoms with Crippen LogP contribution < -0.4 is 10.5 Å². The molecule has 0 amide bonds. The molecule has 3 N–H and O–H groups in total. The molecule has 1 aromatic carbocycles. The maximum Gasteiger partial charge on any atom is 0.208 e. The van der Waals surface area contributed by atoms with Gasteiger partial charge < -0.3 is 20.1 Å². The van der Waals surface area contributed by atoms with Crippen LogP contribution in [0.25, 0.3) is 11.3 Å². The van der Waals surface area contributed by atoms with Crippen LogP contribution in [0.3, 0.4) is 0 Å². The second-order valence-corrected chi connectivity index (χ2v) is 4.07. The van der Waals surface area contributed by atoms with E-state index in [-0.39, 0.29) is 22.9 Å². The van der Waals surface area contributed by atoms with Crippen molar-refractivity contribution < 1.29 is 18.8 Å². The summed E-state index contributed by atoms with van der Waals surface area (Å²) < 4.78 is 23.7. The number of ether oxygens (including phenoxy) is 1. The monoisotopic (exact) mass is 302 g/mol. The Morgan fingerprint density at radius 1 is 1.53 bits per heavy atom. The first kappa shape index (κ1) is 11.7. The zero-order chi connectivity index (χ0) is 12.6. The summed E-state index contributed by atoms with van der Waals surface area (Å²) >= 11 is 3.13. The van der Waals surface area contributed by atoms with Gasteiger partial charge in [0.25, 0.3) is 0 Å². The van der Waals surface area contributed by atoms with Crippen molar-refractivity contribution in [3.05, 3.63) is 22.4 Å². The van der Waals surface area contributed by atoms with Crippen LogP contribution in [0.5, 0.6) is 11.5 Å². The molecule has 0 radical (unpaired) electrons. The summed E-state index contributed by atoms with van der Waals surface area (Å²) in [4.78, 5) is 0. The van der Waals surface area contributed by atoms with E-state index in [0.717, 1.165) is 0 Å². The predicted molar refractivity (Wildman–Crippen MR) is 62.2 cm³/mol. The Morgan fingerprint density at radius 2 is 2.24 bits per heavy atom. The van der Waals surface area contributed by atoms with Crippen molar-refractivity contribution in [2.45, 2.75) is 0 Å². The van der Waals surface area contributed by atoms with Gasteiger partial charge >= 0.3 is 0 Å². The van der Waals surface area contributed by atoms with E-state index in [1.165, 1.54) is 19.2 Å². The lowest BCUT2D eigenvalue weighted by Gasteiger charge is -2.08. The third-order valence-corrected chi connectivity index (χ3v) is 2.74. The first-order valence-electron chi connectivity index (χ1n) is 4.52. The number of nitrogen functional groups attached to an aromatic ring is 1. The molecule has 0 saturated carbocycles. The fourth-order valence-corrected chi connectivity index (χ4v) is 1.95. The molecule has 7 heteroatoms. The van der Waals surface area contributed by atoms with Gasteiger partial charge in [-0.05, 0) is 22.0 Å². The smallest absolute Gasteiger partial charge is 0.208 e. The number of rotatable bonds is 2. The van der Waals surface area contributed by atoms with E-state index >= 15 is 0 Å². The highest BCUT2D eigenvalue weighted by Crippen LogP contribution is 2.41.